The molecule has 0 unspecified atom stereocenters. The summed E-state index contributed by atoms with van der Waals surface area (Å²) in [5.74, 6) is 1.68. The molecule has 0 amide bonds. The Kier molecular flexibility index (Phi) is 10.8. The first-order chi connectivity index (χ1) is 12.0. The van der Waals surface area contributed by atoms with Gasteiger partial charge in [0, 0.05) is 32.2 Å². The lowest BCUT2D eigenvalue weighted by Gasteiger charge is -2.33. The zero-order valence-electron chi connectivity index (χ0n) is 16.9. The number of piperidine rings is 1. The topological polar surface area (TPSA) is 57.2 Å². The van der Waals surface area contributed by atoms with E-state index in [1.807, 2.05) is 0 Å². The van der Waals surface area contributed by atoms with Crippen LogP contribution < -0.4 is 5.32 Å². The van der Waals surface area contributed by atoms with E-state index in [-0.39, 0.29) is 35.9 Å². The molecule has 7 heteroatoms. The molecule has 1 atom stereocenters. The van der Waals surface area contributed by atoms with E-state index >= 15 is 0 Å². The second-order valence-electron chi connectivity index (χ2n) is 7.66. The van der Waals surface area contributed by atoms with Gasteiger partial charge in [-0.25, -0.2) is 0 Å². The lowest BCUT2D eigenvalue weighted by molar-refractivity contribution is -0.146. The summed E-state index contributed by atoms with van der Waals surface area (Å²) in [7, 11) is 1.48. The van der Waals surface area contributed by atoms with Crippen LogP contribution in [0.3, 0.4) is 0 Å². The number of hydrogen-bond donors (Lipinski definition) is 1. The number of nitrogens with one attached hydrogen (secondary N) is 1. The molecule has 0 aromatic carbocycles. The van der Waals surface area contributed by atoms with Crippen molar-refractivity contribution in [3.05, 3.63) is 0 Å². The van der Waals surface area contributed by atoms with Crippen LogP contribution in [0.15, 0.2) is 4.99 Å². The van der Waals surface area contributed by atoms with Crippen LogP contribution in [-0.2, 0) is 9.53 Å². The maximum Gasteiger partial charge on any atom is 0.308 e. The van der Waals surface area contributed by atoms with Crippen LogP contribution >= 0.6 is 24.0 Å². The van der Waals surface area contributed by atoms with E-state index in [1.165, 1.54) is 33.0 Å². The minimum Gasteiger partial charge on any atom is -0.469 e. The molecule has 2 aliphatic heterocycles. The Morgan fingerprint density at radius 3 is 2.50 bits per heavy atom. The molecule has 2 rings (SSSR count). The van der Waals surface area contributed by atoms with Crippen LogP contribution in [0.25, 0.3) is 0 Å². The van der Waals surface area contributed by atoms with Crippen LogP contribution in [0, 0.1) is 11.8 Å². The molecule has 2 saturated heterocycles. The Morgan fingerprint density at radius 2 is 1.92 bits per heavy atom. The van der Waals surface area contributed by atoms with Gasteiger partial charge in [-0.3, -0.25) is 14.7 Å². The molecule has 0 bridgehead atoms. The smallest absolute Gasteiger partial charge is 0.308 e. The molecule has 2 fully saturated rings. The summed E-state index contributed by atoms with van der Waals surface area (Å²) in [4.78, 5) is 21.5. The maximum atomic E-state index is 11.7. The Hall–Kier alpha value is -0.570. The van der Waals surface area contributed by atoms with Crippen molar-refractivity contribution in [1.29, 1.82) is 0 Å². The molecule has 0 spiro atoms. The van der Waals surface area contributed by atoms with Crippen LogP contribution in [0.2, 0.25) is 0 Å². The van der Waals surface area contributed by atoms with E-state index in [1.54, 1.807) is 0 Å². The molecule has 0 aromatic rings. The summed E-state index contributed by atoms with van der Waals surface area (Å²) in [5, 5.41) is 3.43. The lowest BCUT2D eigenvalue weighted by Crippen LogP contribution is -2.47. The zero-order valence-corrected chi connectivity index (χ0v) is 19.2. The third-order valence-electron chi connectivity index (χ3n) is 5.21. The molecule has 2 heterocycles. The number of methoxy groups -OCH3 is 1. The van der Waals surface area contributed by atoms with Gasteiger partial charge in [0.1, 0.15) is 0 Å². The second kappa shape index (κ2) is 12.0. The van der Waals surface area contributed by atoms with Crippen molar-refractivity contribution in [1.82, 2.24) is 15.1 Å². The number of hydrogen-bond acceptors (Lipinski definition) is 4. The zero-order chi connectivity index (χ0) is 18.2. The largest absolute Gasteiger partial charge is 0.469 e. The van der Waals surface area contributed by atoms with Crippen molar-refractivity contribution in [2.45, 2.75) is 52.5 Å². The monoisotopic (exact) mass is 480 g/mol. The van der Waals surface area contributed by atoms with Gasteiger partial charge in [0.2, 0.25) is 0 Å². The molecular weight excluding hydrogens is 443 g/mol. The maximum absolute atomic E-state index is 11.7. The Morgan fingerprint density at radius 1 is 1.23 bits per heavy atom. The van der Waals surface area contributed by atoms with Crippen molar-refractivity contribution >= 4 is 35.9 Å². The Labute approximate surface area is 176 Å². The first kappa shape index (κ1) is 23.5. The van der Waals surface area contributed by atoms with Gasteiger partial charge < -0.3 is 15.0 Å². The molecule has 26 heavy (non-hydrogen) atoms. The number of esters is 1. The average Bonchev–Trinajstić information content (AvgIpc) is 3.04. The van der Waals surface area contributed by atoms with Gasteiger partial charge in [-0.1, -0.05) is 13.8 Å². The summed E-state index contributed by atoms with van der Waals surface area (Å²) >= 11 is 0. The summed E-state index contributed by atoms with van der Waals surface area (Å²) in [5.41, 5.74) is 0. The second-order valence-corrected chi connectivity index (χ2v) is 7.66. The highest BCUT2D eigenvalue weighted by Gasteiger charge is 2.28. The third kappa shape index (κ3) is 6.87. The number of aliphatic imine (C=N–C) groups is 1. The highest BCUT2D eigenvalue weighted by Crippen LogP contribution is 2.20. The fraction of sp³-hybridized carbons (Fsp3) is 0.895. The molecule has 0 aromatic heterocycles. The van der Waals surface area contributed by atoms with Gasteiger partial charge in [-0.15, -0.1) is 24.0 Å². The minimum atomic E-state index is -0.0723. The highest BCUT2D eigenvalue weighted by atomic mass is 127. The van der Waals surface area contributed by atoms with Gasteiger partial charge in [-0.05, 0) is 45.1 Å². The Balaban J connectivity index is 0.00000338. The first-order valence-corrected chi connectivity index (χ1v) is 9.90. The van der Waals surface area contributed by atoms with Gasteiger partial charge in [0.15, 0.2) is 5.96 Å². The van der Waals surface area contributed by atoms with Crippen molar-refractivity contribution in [2.24, 2.45) is 16.8 Å². The van der Waals surface area contributed by atoms with Gasteiger partial charge >= 0.3 is 5.97 Å². The summed E-state index contributed by atoms with van der Waals surface area (Å²) in [6, 6.07) is 0.573. The number of halogens is 1. The van der Waals surface area contributed by atoms with Gasteiger partial charge in [0.25, 0.3) is 0 Å². The van der Waals surface area contributed by atoms with E-state index in [2.05, 4.69) is 35.9 Å². The molecule has 2 aliphatic rings. The molecule has 152 valence electrons. The van der Waals surface area contributed by atoms with Crippen molar-refractivity contribution in [3.8, 4) is 0 Å². The van der Waals surface area contributed by atoms with E-state index in [9.17, 15) is 4.79 Å². The van der Waals surface area contributed by atoms with Gasteiger partial charge in [-0.2, -0.15) is 0 Å². The van der Waals surface area contributed by atoms with E-state index in [4.69, 9.17) is 9.73 Å². The number of carbonyl (C=O) groups is 1. The minimum absolute atomic E-state index is 0. The number of ether oxygens (including phenoxy) is 1. The standard InChI is InChI=1S/C19H36N4O2.HI/c1-5-20-19(22-11-8-16(9-12-22)18(24)25-4)21-13-17-7-6-10-23(17)14-15(2)3;/h15-17H,5-14H2,1-4H3,(H,20,21);1H/t17-;/m1./s1. The molecular formula is C19H37IN4O2. The number of carbonyl (C=O) groups excluding carboxylic acids is 1. The summed E-state index contributed by atoms with van der Waals surface area (Å²) < 4.78 is 4.88. The predicted octanol–water partition coefficient (Wildman–Crippen LogP) is 2.58. The Bertz CT molecular complexity index is 451. The molecule has 0 aliphatic carbocycles. The van der Waals surface area contributed by atoms with E-state index in [0.29, 0.717) is 12.0 Å². The lowest BCUT2D eigenvalue weighted by atomic mass is 9.97. The molecule has 1 N–H and O–H groups in total. The fourth-order valence-corrected chi connectivity index (χ4v) is 3.92. The fourth-order valence-electron chi connectivity index (χ4n) is 3.92. The van der Waals surface area contributed by atoms with Crippen LogP contribution in [-0.4, -0.2) is 74.1 Å². The number of rotatable bonds is 6. The summed E-state index contributed by atoms with van der Waals surface area (Å²) in [6.45, 7) is 12.5. The van der Waals surface area contributed by atoms with Crippen LogP contribution in [0.4, 0.5) is 0 Å². The molecule has 0 radical (unpaired) electrons. The van der Waals surface area contributed by atoms with Crippen molar-refractivity contribution in [2.75, 3.05) is 46.4 Å². The van der Waals surface area contributed by atoms with Crippen LogP contribution in [0.5, 0.6) is 0 Å². The van der Waals surface area contributed by atoms with Crippen molar-refractivity contribution in [3.63, 3.8) is 0 Å². The highest BCUT2D eigenvalue weighted by molar-refractivity contribution is 14.0. The first-order valence-electron chi connectivity index (χ1n) is 9.90. The van der Waals surface area contributed by atoms with E-state index < -0.39 is 0 Å². The van der Waals surface area contributed by atoms with E-state index in [0.717, 1.165) is 45.0 Å². The number of guanidine groups is 1. The number of likely N-dealkylation sites (tertiary alicyclic amines) is 2. The SMILES string of the molecule is CCNC(=NC[C@H]1CCCN1CC(C)C)N1CCC(C(=O)OC)CC1.I. The molecule has 6 nitrogen and oxygen atoms in total. The quantitative estimate of drug-likeness (QED) is 0.274. The normalized spacial score (nSPS) is 22.4. The van der Waals surface area contributed by atoms with Crippen molar-refractivity contribution < 1.29 is 9.53 Å². The number of nitrogens with zero attached hydrogens (tertiary/aromatic N) is 3. The average molecular weight is 480 g/mol. The van der Waals surface area contributed by atoms with Gasteiger partial charge in [0.05, 0.1) is 19.6 Å². The summed E-state index contributed by atoms with van der Waals surface area (Å²) in [6.07, 6.45) is 4.23. The third-order valence-corrected chi connectivity index (χ3v) is 5.21. The predicted molar refractivity (Wildman–Crippen MR) is 117 cm³/mol. The van der Waals surface area contributed by atoms with Crippen LogP contribution in [0.1, 0.15) is 46.5 Å². The molecule has 0 saturated carbocycles.